The van der Waals surface area contributed by atoms with Crippen LogP contribution in [0.1, 0.15) is 76.3 Å². The summed E-state index contributed by atoms with van der Waals surface area (Å²) in [5.74, 6) is 0.445. The zero-order valence-electron chi connectivity index (χ0n) is 71.6. The molecule has 7 saturated heterocycles. The monoisotopic (exact) mass is 1850 g/mol. The zero-order chi connectivity index (χ0) is 88.9. The van der Waals surface area contributed by atoms with Crippen molar-refractivity contribution < 1.29 is 69.1 Å². The number of hydrogen-bond acceptors (Lipinski definition) is 36. The number of nitrogens with zero attached hydrogens (tertiary/aromatic N) is 24. The maximum Gasteiger partial charge on any atom is 0.351 e. The number of hydrogen-bond donors (Lipinski definition) is 9. The first kappa shape index (κ1) is 92.5. The van der Waals surface area contributed by atoms with E-state index >= 15 is 22.8 Å². The molecule has 125 heavy (non-hydrogen) atoms. The van der Waals surface area contributed by atoms with Crippen LogP contribution < -0.4 is 61.6 Å². The number of aromatic nitrogens is 14. The minimum Gasteiger partial charge on any atom is -0.383 e. The van der Waals surface area contributed by atoms with Gasteiger partial charge in [-0.05, 0) is 69.1 Å². The number of morpholine rings is 5. The van der Waals surface area contributed by atoms with Crippen molar-refractivity contribution in [3.05, 3.63) is 92.7 Å². The van der Waals surface area contributed by atoms with Gasteiger partial charge in [-0.3, -0.25) is 60.3 Å². The van der Waals surface area contributed by atoms with Gasteiger partial charge in [-0.25, -0.2) is 86.5 Å². The number of guanidine groups is 1. The molecule has 0 aromatic carbocycles. The van der Waals surface area contributed by atoms with Crippen molar-refractivity contribution >= 4 is 89.8 Å². The molecule has 0 aliphatic carbocycles. The van der Waals surface area contributed by atoms with Gasteiger partial charge in [0.25, 0.3) is 13.1 Å². The Balaban J connectivity index is 0.721. The predicted octanol–water partition coefficient (Wildman–Crippen LogP) is -0.0508. The number of nitrogen functional groups attached to an aromatic ring is 3. The molecule has 15 rings (SSSR count). The van der Waals surface area contributed by atoms with Crippen LogP contribution in [-0.4, -0.2) is 356 Å². The Morgan fingerprint density at radius 1 is 0.504 bits per heavy atom. The number of aliphatic imine (C=N–C) groups is 1. The van der Waals surface area contributed by atoms with Gasteiger partial charge in [0.2, 0.25) is 0 Å². The highest BCUT2D eigenvalue weighted by Crippen LogP contribution is 2.62. The molecule has 0 saturated carbocycles. The van der Waals surface area contributed by atoms with Crippen LogP contribution in [0.4, 0.5) is 23.3 Å². The van der Waals surface area contributed by atoms with E-state index in [0.717, 1.165) is 0 Å². The number of piperazine rings is 2. The summed E-state index contributed by atoms with van der Waals surface area (Å²) in [6.45, 7) is 10.5. The van der Waals surface area contributed by atoms with Crippen molar-refractivity contribution in [1.82, 2.24) is 131 Å². The molecule has 51 nitrogen and oxygen atoms in total. The Morgan fingerprint density at radius 2 is 0.936 bits per heavy atom. The molecule has 15 heterocycles. The van der Waals surface area contributed by atoms with E-state index in [0.29, 0.717) is 69.2 Å². The number of aromatic amines is 1. The molecule has 56 heteroatoms. The summed E-state index contributed by atoms with van der Waals surface area (Å²) in [5, 5.41) is 9.58. The maximum absolute atomic E-state index is 16.9. The second-order valence-corrected chi connectivity index (χ2v) is 46.0. The SMILES string of the molecule is Cc1cn(C2CN(P(=O)(OCC3CN(C(C)C)CC(n4ccc(N)nc4=O)O3)N(C)C)CC(COP(=O)(N(C)C)N3CC(COP(=O)(N(C)C)N4CC(COP(=O)(N5CCNCC5)N5CC(COP(=O)(C(C)C)N6CCNCC6)OC(n6cnc7c(N)ncnc76)C5)OC(n5cnc6c(N)ncnc65)C4)OC(n4cnc5c4N=C(N)NC5N)C3)O2)c(=O)[nH]c1=O. The molecule has 0 bridgehead atoms. The van der Waals surface area contributed by atoms with Crippen molar-refractivity contribution in [3.8, 4) is 0 Å². The topological polar surface area (TPSA) is 583 Å². The van der Waals surface area contributed by atoms with Crippen LogP contribution in [0.25, 0.3) is 22.3 Å². The summed E-state index contributed by atoms with van der Waals surface area (Å²) >= 11 is 0. The van der Waals surface area contributed by atoms with Crippen LogP contribution in [-0.2, 0) is 69.1 Å². The Hall–Kier alpha value is -7.23. The second kappa shape index (κ2) is 38.1. The molecule has 0 amide bonds. The van der Waals surface area contributed by atoms with Crippen molar-refractivity contribution in [1.29, 1.82) is 0 Å². The highest BCUT2D eigenvalue weighted by molar-refractivity contribution is 7.57. The fourth-order valence-electron chi connectivity index (χ4n) is 16.4. The maximum atomic E-state index is 16.9. The lowest BCUT2D eigenvalue weighted by molar-refractivity contribution is -0.142. The normalized spacial score (nSPS) is 27.9. The van der Waals surface area contributed by atoms with Gasteiger partial charge in [0.05, 0.1) is 109 Å². The van der Waals surface area contributed by atoms with Crippen LogP contribution in [0.3, 0.4) is 0 Å². The largest absolute Gasteiger partial charge is 0.383 e. The van der Waals surface area contributed by atoms with Crippen LogP contribution in [0.15, 0.2) is 69.5 Å². The van der Waals surface area contributed by atoms with E-state index < -0.39 is 136 Å². The third-order valence-corrected chi connectivity index (χ3v) is 36.3. The van der Waals surface area contributed by atoms with Crippen LogP contribution in [0, 0.1) is 6.92 Å². The number of fused-ring (bicyclic) bond motifs is 3. The smallest absolute Gasteiger partial charge is 0.351 e. The van der Waals surface area contributed by atoms with Gasteiger partial charge < -0.3 is 90.9 Å². The van der Waals surface area contributed by atoms with Crippen molar-refractivity contribution in [3.63, 3.8) is 0 Å². The number of nitrogens with two attached hydrogens (primary N) is 5. The summed E-state index contributed by atoms with van der Waals surface area (Å²) in [6, 6.07) is 1.47. The van der Waals surface area contributed by atoms with Gasteiger partial charge in [-0.2, -0.15) is 9.98 Å². The number of H-pyrrole nitrogens is 1. The number of imidazole rings is 3. The standard InChI is InChI=1S/C69H114N33O18P5/c1-43(2)91-23-46(116-52(28-91)98-17-12-51(70)84-68(98)104)34-112-122(107,88(6)7)94-24-48(117-53(29-94)99-22-45(5)66(103)87-69(99)105)35-113-124(109,90(10)11)96-25-49(120-56(31-96)102-42-83-59-62(73)85-67(74)86-65(59)102)36-114-123(108,89(8)9)95-26-50(119-54(30-95)100-40-81-57-60(71)77-38-79-63(57)100)37-115-125(110,93-20-15-76-16-21-93)97-27-47(33-111-121(106,44(3)4)92-18-13-75-14-19-92)118-55(32-97)101-41-82-58-61(72)78-39-80-64(58)101/h12,17,22,38-44,46-50,52-56,62,75-76H,13-16,18-21,23-37,73H2,1-11H3,(H2,70,84,104)(H2,71,77,79)(H2,72,78,80)(H3,74,85,86)(H,87,103,105). The molecule has 8 aliphatic heterocycles. The van der Waals surface area contributed by atoms with E-state index in [1.54, 1.807) is 74.7 Å². The van der Waals surface area contributed by atoms with E-state index in [2.05, 4.69) is 70.7 Å². The van der Waals surface area contributed by atoms with Gasteiger partial charge in [0, 0.05) is 121 Å². The highest BCUT2D eigenvalue weighted by atomic mass is 31.2. The lowest BCUT2D eigenvalue weighted by Gasteiger charge is -2.47. The van der Waals surface area contributed by atoms with Crippen LogP contribution in [0.5, 0.6) is 0 Å². The first-order valence-electron chi connectivity index (χ1n) is 41.2. The van der Waals surface area contributed by atoms with Gasteiger partial charge in [0.1, 0.15) is 60.0 Å². The van der Waals surface area contributed by atoms with E-state index in [1.165, 1.54) is 84.8 Å². The molecule has 16 unspecified atom stereocenters. The molecule has 7 aromatic heterocycles. The number of rotatable bonds is 31. The van der Waals surface area contributed by atoms with Gasteiger partial charge in [0.15, 0.2) is 47.2 Å². The van der Waals surface area contributed by atoms with E-state index in [-0.39, 0.29) is 143 Å². The molecular weight excluding hydrogens is 1730 g/mol. The lowest BCUT2D eigenvalue weighted by atomic mass is 10.2. The summed E-state index contributed by atoms with van der Waals surface area (Å²) in [6.07, 6.45) is -1.29. The molecule has 7 aromatic rings. The minimum atomic E-state index is -4.42. The van der Waals surface area contributed by atoms with Crippen molar-refractivity contribution in [2.24, 2.45) is 16.5 Å². The molecule has 0 spiro atoms. The van der Waals surface area contributed by atoms with E-state index in [1.807, 2.05) is 32.4 Å². The van der Waals surface area contributed by atoms with Gasteiger partial charge in [-0.1, -0.05) is 13.8 Å². The number of ether oxygens (including phenoxy) is 5. The van der Waals surface area contributed by atoms with Gasteiger partial charge in [-0.15, -0.1) is 0 Å². The van der Waals surface area contributed by atoms with E-state index in [4.69, 9.17) is 75.0 Å². The number of nitrogens with one attached hydrogen (secondary N) is 4. The second-order valence-electron chi connectivity index (χ2n) is 32.8. The molecule has 0 radical (unpaired) electrons. The summed E-state index contributed by atoms with van der Waals surface area (Å²) in [5.41, 5.74) is 30.7. The third kappa shape index (κ3) is 19.2. The quantitative estimate of drug-likeness (QED) is 0.0257. The van der Waals surface area contributed by atoms with Crippen molar-refractivity contribution in [2.45, 2.75) is 114 Å². The Kier molecular flexibility index (Phi) is 28.2. The van der Waals surface area contributed by atoms with Crippen molar-refractivity contribution in [2.75, 3.05) is 210 Å². The average molecular weight is 1850 g/mol. The Labute approximate surface area is 719 Å². The molecule has 7 fully saturated rings. The fourth-order valence-corrected chi connectivity index (χ4v) is 27.1. The predicted molar refractivity (Wildman–Crippen MR) is 457 cm³/mol. The summed E-state index contributed by atoms with van der Waals surface area (Å²) in [7, 11) is -11.4. The lowest BCUT2D eigenvalue weighted by Crippen LogP contribution is -2.52. The van der Waals surface area contributed by atoms with Crippen LogP contribution in [0.2, 0.25) is 0 Å². The zero-order valence-corrected chi connectivity index (χ0v) is 76.1. The number of anilines is 3. The van der Waals surface area contributed by atoms with Crippen LogP contribution >= 0.6 is 38.2 Å². The Bertz CT molecular complexity index is 5470. The minimum absolute atomic E-state index is 0.0184. The third-order valence-electron chi connectivity index (χ3n) is 23.1. The van der Waals surface area contributed by atoms with E-state index in [9.17, 15) is 14.4 Å². The molecule has 16 atom stereocenters. The molecule has 688 valence electrons. The molecule has 14 N–H and O–H groups in total. The van der Waals surface area contributed by atoms with Gasteiger partial charge >= 0.3 is 42.1 Å². The summed E-state index contributed by atoms with van der Waals surface area (Å²) < 4.78 is 171. The summed E-state index contributed by atoms with van der Waals surface area (Å²) in [4.78, 5) is 84.2. The Morgan fingerprint density at radius 3 is 1.42 bits per heavy atom. The first-order chi connectivity index (χ1) is 59.5. The first-order valence-corrected chi connectivity index (χ1v) is 49.0. The fraction of sp³-hybridized carbons (Fsp3) is 0.681. The number of aryl methyl sites for hydroxylation is 1. The molecular formula is C69H114N33O18P5. The highest BCUT2D eigenvalue weighted by Gasteiger charge is 2.52. The average Bonchev–Trinajstić information content (AvgIpc) is 1.68. The molecule has 8 aliphatic rings.